The second-order valence-corrected chi connectivity index (χ2v) is 4.88. The zero-order valence-corrected chi connectivity index (χ0v) is 10.4. The Labute approximate surface area is 107 Å². The largest absolute Gasteiger partial charge is 0.493 e. The van der Waals surface area contributed by atoms with E-state index in [1.807, 2.05) is 24.4 Å². The molecule has 2 heterocycles. The van der Waals surface area contributed by atoms with Crippen LogP contribution in [0, 0.1) is 5.92 Å². The van der Waals surface area contributed by atoms with Crippen LogP contribution in [0.2, 0.25) is 0 Å². The molecule has 0 aliphatic carbocycles. The van der Waals surface area contributed by atoms with Crippen LogP contribution in [0.3, 0.4) is 0 Å². The van der Waals surface area contributed by atoms with Crippen LogP contribution in [0.25, 0.3) is 10.9 Å². The van der Waals surface area contributed by atoms with Gasteiger partial charge in [0, 0.05) is 30.1 Å². The lowest BCUT2D eigenvalue weighted by Crippen LogP contribution is -2.33. The number of aromatic nitrogens is 1. The molecule has 0 radical (unpaired) electrons. The smallest absolute Gasteiger partial charge is 0.121 e. The van der Waals surface area contributed by atoms with E-state index < -0.39 is 0 Å². The summed E-state index contributed by atoms with van der Waals surface area (Å²) in [6.07, 6.45) is 4.34. The molecular formula is C15H18N2O. The second kappa shape index (κ2) is 5.36. The van der Waals surface area contributed by atoms with E-state index >= 15 is 0 Å². The predicted octanol–water partition coefficient (Wildman–Crippen LogP) is 2.61. The van der Waals surface area contributed by atoms with Gasteiger partial charge in [-0.3, -0.25) is 4.98 Å². The van der Waals surface area contributed by atoms with Gasteiger partial charge in [-0.05, 0) is 37.6 Å². The highest BCUT2D eigenvalue weighted by molar-refractivity contribution is 5.79. The van der Waals surface area contributed by atoms with Crippen LogP contribution < -0.4 is 10.1 Å². The van der Waals surface area contributed by atoms with Gasteiger partial charge in [0.15, 0.2) is 0 Å². The molecule has 1 aliphatic rings. The van der Waals surface area contributed by atoms with E-state index in [1.165, 1.54) is 12.8 Å². The molecule has 3 heteroatoms. The van der Waals surface area contributed by atoms with Crippen molar-refractivity contribution in [3.8, 4) is 5.75 Å². The average molecular weight is 242 g/mol. The number of pyridine rings is 1. The fraction of sp³-hybridized carbons (Fsp3) is 0.400. The molecule has 1 unspecified atom stereocenters. The fourth-order valence-electron chi connectivity index (χ4n) is 2.42. The first kappa shape index (κ1) is 11.5. The van der Waals surface area contributed by atoms with E-state index in [2.05, 4.69) is 22.4 Å². The maximum Gasteiger partial charge on any atom is 0.121 e. The topological polar surface area (TPSA) is 34.1 Å². The number of nitrogens with one attached hydrogen (secondary N) is 1. The van der Waals surface area contributed by atoms with Crippen LogP contribution in [0.1, 0.15) is 12.8 Å². The van der Waals surface area contributed by atoms with Crippen LogP contribution >= 0.6 is 0 Å². The molecule has 1 N–H and O–H groups in total. The molecule has 0 saturated carbocycles. The van der Waals surface area contributed by atoms with Gasteiger partial charge in [-0.15, -0.1) is 0 Å². The lowest BCUT2D eigenvalue weighted by Gasteiger charge is -2.22. The Kier molecular flexibility index (Phi) is 3.42. The van der Waals surface area contributed by atoms with Crippen LogP contribution in [0.5, 0.6) is 5.75 Å². The van der Waals surface area contributed by atoms with Gasteiger partial charge in [0.1, 0.15) is 5.75 Å². The van der Waals surface area contributed by atoms with E-state index in [0.29, 0.717) is 5.92 Å². The maximum atomic E-state index is 5.87. The number of hydrogen-bond acceptors (Lipinski definition) is 3. The summed E-state index contributed by atoms with van der Waals surface area (Å²) in [5.41, 5.74) is 0.997. The number of benzene rings is 1. The number of ether oxygens (including phenoxy) is 1. The number of piperidine rings is 1. The van der Waals surface area contributed by atoms with Gasteiger partial charge in [-0.1, -0.05) is 6.07 Å². The van der Waals surface area contributed by atoms with Crippen molar-refractivity contribution in [1.82, 2.24) is 10.3 Å². The summed E-state index contributed by atoms with van der Waals surface area (Å²) >= 11 is 0. The Balaban J connectivity index is 1.66. The van der Waals surface area contributed by atoms with Gasteiger partial charge < -0.3 is 10.1 Å². The van der Waals surface area contributed by atoms with Crippen molar-refractivity contribution in [3.05, 3.63) is 36.5 Å². The molecule has 2 aromatic rings. The Hall–Kier alpha value is -1.61. The molecule has 1 fully saturated rings. The summed E-state index contributed by atoms with van der Waals surface area (Å²) in [5, 5.41) is 4.57. The summed E-state index contributed by atoms with van der Waals surface area (Å²) in [4.78, 5) is 4.34. The minimum Gasteiger partial charge on any atom is -0.493 e. The molecule has 0 spiro atoms. The summed E-state index contributed by atoms with van der Waals surface area (Å²) in [6.45, 7) is 3.02. The molecule has 1 atom stereocenters. The van der Waals surface area contributed by atoms with Crippen molar-refractivity contribution >= 4 is 10.9 Å². The second-order valence-electron chi connectivity index (χ2n) is 4.88. The third kappa shape index (κ3) is 2.62. The summed E-state index contributed by atoms with van der Waals surface area (Å²) in [5.74, 6) is 1.56. The Bertz CT molecular complexity index is 521. The van der Waals surface area contributed by atoms with Crippen molar-refractivity contribution in [2.75, 3.05) is 19.7 Å². The molecule has 0 amide bonds. The van der Waals surface area contributed by atoms with Crippen molar-refractivity contribution < 1.29 is 4.74 Å². The molecule has 3 nitrogen and oxygen atoms in total. The molecular weight excluding hydrogens is 224 g/mol. The van der Waals surface area contributed by atoms with Gasteiger partial charge in [-0.2, -0.15) is 0 Å². The zero-order chi connectivity index (χ0) is 12.2. The van der Waals surface area contributed by atoms with E-state index in [1.54, 1.807) is 0 Å². The molecule has 1 aromatic carbocycles. The van der Waals surface area contributed by atoms with Gasteiger partial charge in [0.25, 0.3) is 0 Å². The molecule has 18 heavy (non-hydrogen) atoms. The van der Waals surface area contributed by atoms with Crippen LogP contribution in [-0.4, -0.2) is 24.7 Å². The lowest BCUT2D eigenvalue weighted by molar-refractivity contribution is 0.218. The van der Waals surface area contributed by atoms with E-state index in [9.17, 15) is 0 Å². The standard InChI is InChI=1S/C15H18N2O/c1-3-12(10-16-7-1)11-18-14-6-5-13-4-2-8-17-15(13)9-14/h2,4-6,8-9,12,16H,1,3,7,10-11H2. The van der Waals surface area contributed by atoms with Gasteiger partial charge in [0.05, 0.1) is 12.1 Å². The first-order valence-electron chi connectivity index (χ1n) is 6.60. The van der Waals surface area contributed by atoms with Gasteiger partial charge in [0.2, 0.25) is 0 Å². The van der Waals surface area contributed by atoms with Crippen molar-refractivity contribution in [1.29, 1.82) is 0 Å². The quantitative estimate of drug-likeness (QED) is 0.898. The molecule has 1 aromatic heterocycles. The number of hydrogen-bond donors (Lipinski definition) is 1. The summed E-state index contributed by atoms with van der Waals surface area (Å²) in [6, 6.07) is 10.1. The molecule has 1 saturated heterocycles. The highest BCUT2D eigenvalue weighted by atomic mass is 16.5. The summed E-state index contributed by atoms with van der Waals surface area (Å²) in [7, 11) is 0. The third-order valence-electron chi connectivity index (χ3n) is 3.46. The van der Waals surface area contributed by atoms with Crippen LogP contribution in [0.15, 0.2) is 36.5 Å². The maximum absolute atomic E-state index is 5.87. The summed E-state index contributed by atoms with van der Waals surface area (Å²) < 4.78 is 5.87. The SMILES string of the molecule is c1cnc2cc(OCC3CCCNC3)ccc2c1. The van der Waals surface area contributed by atoms with Crippen molar-refractivity contribution in [2.45, 2.75) is 12.8 Å². The Morgan fingerprint density at radius 1 is 1.33 bits per heavy atom. The van der Waals surface area contributed by atoms with E-state index in [0.717, 1.165) is 36.3 Å². The predicted molar refractivity (Wildman–Crippen MR) is 72.8 cm³/mol. The van der Waals surface area contributed by atoms with E-state index in [-0.39, 0.29) is 0 Å². The highest BCUT2D eigenvalue weighted by Crippen LogP contribution is 2.20. The number of fused-ring (bicyclic) bond motifs is 1. The monoisotopic (exact) mass is 242 g/mol. The average Bonchev–Trinajstić information content (AvgIpc) is 2.46. The third-order valence-corrected chi connectivity index (χ3v) is 3.46. The lowest BCUT2D eigenvalue weighted by atomic mass is 10.0. The molecule has 94 valence electrons. The van der Waals surface area contributed by atoms with E-state index in [4.69, 9.17) is 4.74 Å². The molecule has 1 aliphatic heterocycles. The Morgan fingerprint density at radius 2 is 2.33 bits per heavy atom. The highest BCUT2D eigenvalue weighted by Gasteiger charge is 2.13. The fourth-order valence-corrected chi connectivity index (χ4v) is 2.42. The molecule has 0 bridgehead atoms. The van der Waals surface area contributed by atoms with Gasteiger partial charge >= 0.3 is 0 Å². The van der Waals surface area contributed by atoms with Crippen LogP contribution in [-0.2, 0) is 0 Å². The van der Waals surface area contributed by atoms with Crippen LogP contribution in [0.4, 0.5) is 0 Å². The minimum atomic E-state index is 0.637. The minimum absolute atomic E-state index is 0.637. The molecule has 3 rings (SSSR count). The first-order valence-corrected chi connectivity index (χ1v) is 6.60. The first-order chi connectivity index (χ1) is 8.92. The van der Waals surface area contributed by atoms with Crippen molar-refractivity contribution in [3.63, 3.8) is 0 Å². The van der Waals surface area contributed by atoms with Crippen molar-refractivity contribution in [2.24, 2.45) is 5.92 Å². The zero-order valence-electron chi connectivity index (χ0n) is 10.4. The number of nitrogens with zero attached hydrogens (tertiary/aromatic N) is 1. The Morgan fingerprint density at radius 3 is 3.22 bits per heavy atom. The van der Waals surface area contributed by atoms with Gasteiger partial charge in [-0.25, -0.2) is 0 Å². The normalized spacial score (nSPS) is 19.9. The number of rotatable bonds is 3.